The predicted molar refractivity (Wildman–Crippen MR) is 114 cm³/mol. The number of pyridine rings is 1. The van der Waals surface area contributed by atoms with E-state index in [1.54, 1.807) is 6.20 Å². The molecule has 0 bridgehead atoms. The normalized spacial score (nSPS) is 11.6. The van der Waals surface area contributed by atoms with E-state index in [1.165, 1.54) is 6.92 Å². The summed E-state index contributed by atoms with van der Waals surface area (Å²) in [6, 6.07) is 19.4. The number of rotatable bonds is 8. The Kier molecular flexibility index (Phi) is 6.85. The number of carbonyl (C=O) groups is 1. The number of ether oxygens (including phenoxy) is 2. The summed E-state index contributed by atoms with van der Waals surface area (Å²) in [5, 5.41) is 2.89. The summed E-state index contributed by atoms with van der Waals surface area (Å²) in [7, 11) is 0. The highest BCUT2D eigenvalue weighted by atomic mass is 16.5. The Bertz CT molecular complexity index is 920. The first-order valence-electron chi connectivity index (χ1n) is 9.79. The molecule has 3 aromatic rings. The fraction of sp³-hybridized carbons (Fsp3) is 0.250. The molecule has 150 valence electrons. The molecule has 0 spiro atoms. The van der Waals surface area contributed by atoms with Gasteiger partial charge in [0.25, 0.3) is 0 Å². The lowest BCUT2D eigenvalue weighted by molar-refractivity contribution is -0.119. The Labute approximate surface area is 171 Å². The number of aromatic nitrogens is 1. The molecule has 0 fully saturated rings. The van der Waals surface area contributed by atoms with Gasteiger partial charge >= 0.3 is 0 Å². The van der Waals surface area contributed by atoms with Crippen LogP contribution in [0.1, 0.15) is 38.8 Å². The van der Waals surface area contributed by atoms with E-state index in [2.05, 4.69) is 17.2 Å². The minimum absolute atomic E-state index is 0.0192. The molecule has 1 aromatic heterocycles. The molecule has 1 amide bonds. The summed E-state index contributed by atoms with van der Waals surface area (Å²) in [5.41, 5.74) is 3.11. The predicted octanol–water partition coefficient (Wildman–Crippen LogP) is 5.53. The van der Waals surface area contributed by atoms with Crippen molar-refractivity contribution in [1.82, 2.24) is 10.3 Å². The molecule has 0 aliphatic rings. The van der Waals surface area contributed by atoms with Crippen molar-refractivity contribution in [3.8, 4) is 28.5 Å². The van der Waals surface area contributed by atoms with Crippen LogP contribution in [0.2, 0.25) is 0 Å². The third-order valence-corrected chi connectivity index (χ3v) is 4.42. The maximum atomic E-state index is 11.2. The molecule has 5 nitrogen and oxygen atoms in total. The zero-order valence-electron chi connectivity index (χ0n) is 17.0. The van der Waals surface area contributed by atoms with Crippen molar-refractivity contribution in [3.63, 3.8) is 0 Å². The molecular formula is C24H26N2O3. The number of hydrogen-bond donors (Lipinski definition) is 1. The van der Waals surface area contributed by atoms with Crippen LogP contribution in [-0.2, 0) is 4.79 Å². The lowest BCUT2D eigenvalue weighted by Gasteiger charge is -2.13. The molecule has 0 radical (unpaired) electrons. The molecule has 0 unspecified atom stereocenters. The molecule has 5 heteroatoms. The van der Waals surface area contributed by atoms with Gasteiger partial charge in [-0.25, -0.2) is 4.98 Å². The van der Waals surface area contributed by atoms with Crippen molar-refractivity contribution in [2.45, 2.75) is 33.2 Å². The van der Waals surface area contributed by atoms with Crippen LogP contribution >= 0.6 is 0 Å². The summed E-state index contributed by atoms with van der Waals surface area (Å²) in [5.74, 6) is 2.04. The van der Waals surface area contributed by atoms with Crippen molar-refractivity contribution in [2.24, 2.45) is 0 Å². The molecule has 0 saturated heterocycles. The van der Waals surface area contributed by atoms with Gasteiger partial charge in [-0.3, -0.25) is 4.79 Å². The first kappa shape index (κ1) is 20.4. The van der Waals surface area contributed by atoms with Crippen LogP contribution in [0, 0.1) is 0 Å². The molecule has 0 aliphatic heterocycles. The molecule has 1 atom stereocenters. The maximum absolute atomic E-state index is 11.2. The number of carbonyl (C=O) groups excluding carboxylic acids is 1. The van der Waals surface area contributed by atoms with Crippen molar-refractivity contribution in [3.05, 3.63) is 72.4 Å². The van der Waals surface area contributed by atoms with Crippen molar-refractivity contribution < 1.29 is 14.3 Å². The van der Waals surface area contributed by atoms with E-state index in [9.17, 15) is 4.79 Å². The fourth-order valence-electron chi connectivity index (χ4n) is 2.91. The van der Waals surface area contributed by atoms with Crippen LogP contribution in [0.25, 0.3) is 11.1 Å². The van der Waals surface area contributed by atoms with Crippen molar-refractivity contribution in [2.75, 3.05) is 6.61 Å². The van der Waals surface area contributed by atoms with E-state index in [1.807, 2.05) is 67.6 Å². The maximum Gasteiger partial charge on any atom is 0.219 e. The van der Waals surface area contributed by atoms with E-state index in [0.29, 0.717) is 18.2 Å². The number of hydrogen-bond acceptors (Lipinski definition) is 4. The van der Waals surface area contributed by atoms with Gasteiger partial charge in [-0.15, -0.1) is 0 Å². The number of amides is 1. The van der Waals surface area contributed by atoms with Crippen LogP contribution < -0.4 is 14.8 Å². The Balaban J connectivity index is 1.63. The Morgan fingerprint density at radius 3 is 2.21 bits per heavy atom. The van der Waals surface area contributed by atoms with Gasteiger partial charge < -0.3 is 14.8 Å². The summed E-state index contributed by atoms with van der Waals surface area (Å²) >= 11 is 0. The van der Waals surface area contributed by atoms with Crippen LogP contribution in [0.3, 0.4) is 0 Å². The van der Waals surface area contributed by atoms with E-state index < -0.39 is 0 Å². The Morgan fingerprint density at radius 1 is 0.966 bits per heavy atom. The quantitative estimate of drug-likeness (QED) is 0.550. The third-order valence-electron chi connectivity index (χ3n) is 4.42. The average Bonchev–Trinajstić information content (AvgIpc) is 2.73. The summed E-state index contributed by atoms with van der Waals surface area (Å²) in [6.45, 7) is 6.27. The second-order valence-electron chi connectivity index (χ2n) is 6.85. The molecule has 1 N–H and O–H groups in total. The van der Waals surface area contributed by atoms with Gasteiger partial charge in [-0.2, -0.15) is 0 Å². The molecule has 0 aliphatic carbocycles. The standard InChI is InChI=1S/C24H26N2O3/c1-4-15-28-22-10-12-23(13-11-22)29-24-14-9-21(16-25-24)20-7-5-19(6-8-20)17(2)26-18(3)27/h5-14,16-17H,4,15H2,1-3H3,(H,26,27)/t17-/m0/s1. The topological polar surface area (TPSA) is 60.5 Å². The van der Waals surface area contributed by atoms with Crippen molar-refractivity contribution in [1.29, 1.82) is 0 Å². The van der Waals surface area contributed by atoms with Gasteiger partial charge in [0, 0.05) is 24.8 Å². The summed E-state index contributed by atoms with van der Waals surface area (Å²) in [6.07, 6.45) is 2.77. The molecule has 1 heterocycles. The lowest BCUT2D eigenvalue weighted by atomic mass is 10.0. The smallest absolute Gasteiger partial charge is 0.219 e. The molecule has 2 aromatic carbocycles. The third kappa shape index (κ3) is 5.82. The van der Waals surface area contributed by atoms with Crippen LogP contribution in [0.5, 0.6) is 17.4 Å². The summed E-state index contributed by atoms with van der Waals surface area (Å²) in [4.78, 5) is 15.6. The minimum atomic E-state index is -0.0375. The zero-order chi connectivity index (χ0) is 20.6. The van der Waals surface area contributed by atoms with Crippen LogP contribution in [0.4, 0.5) is 0 Å². The van der Waals surface area contributed by atoms with Gasteiger partial charge in [0.05, 0.1) is 12.6 Å². The van der Waals surface area contributed by atoms with E-state index in [4.69, 9.17) is 9.47 Å². The first-order chi connectivity index (χ1) is 14.0. The second-order valence-corrected chi connectivity index (χ2v) is 6.85. The highest BCUT2D eigenvalue weighted by molar-refractivity contribution is 5.73. The second kappa shape index (κ2) is 9.73. The van der Waals surface area contributed by atoms with Crippen LogP contribution in [0.15, 0.2) is 66.9 Å². The highest BCUT2D eigenvalue weighted by Crippen LogP contribution is 2.26. The molecular weight excluding hydrogens is 364 g/mol. The number of benzene rings is 2. The Morgan fingerprint density at radius 2 is 1.62 bits per heavy atom. The van der Waals surface area contributed by atoms with Crippen molar-refractivity contribution >= 4 is 5.91 Å². The lowest BCUT2D eigenvalue weighted by Crippen LogP contribution is -2.23. The van der Waals surface area contributed by atoms with E-state index in [0.717, 1.165) is 28.9 Å². The summed E-state index contributed by atoms with van der Waals surface area (Å²) < 4.78 is 11.4. The first-order valence-corrected chi connectivity index (χ1v) is 9.79. The fourth-order valence-corrected chi connectivity index (χ4v) is 2.91. The monoisotopic (exact) mass is 390 g/mol. The van der Waals surface area contributed by atoms with Crippen LogP contribution in [-0.4, -0.2) is 17.5 Å². The Hall–Kier alpha value is -3.34. The van der Waals surface area contributed by atoms with Gasteiger partial charge in [-0.05, 0) is 54.8 Å². The number of nitrogens with zero attached hydrogens (tertiary/aromatic N) is 1. The highest BCUT2D eigenvalue weighted by Gasteiger charge is 2.07. The van der Waals surface area contributed by atoms with Gasteiger partial charge in [0.15, 0.2) is 0 Å². The van der Waals surface area contributed by atoms with Gasteiger partial charge in [-0.1, -0.05) is 31.2 Å². The number of nitrogens with one attached hydrogen (secondary N) is 1. The zero-order valence-corrected chi connectivity index (χ0v) is 17.0. The average molecular weight is 390 g/mol. The molecule has 0 saturated carbocycles. The minimum Gasteiger partial charge on any atom is -0.494 e. The SMILES string of the molecule is CCCOc1ccc(Oc2ccc(-c3ccc([C@H](C)NC(C)=O)cc3)cn2)cc1. The van der Waals surface area contributed by atoms with E-state index >= 15 is 0 Å². The largest absolute Gasteiger partial charge is 0.494 e. The van der Waals surface area contributed by atoms with Gasteiger partial charge in [0.2, 0.25) is 11.8 Å². The van der Waals surface area contributed by atoms with Gasteiger partial charge in [0.1, 0.15) is 11.5 Å². The molecule has 3 rings (SSSR count). The van der Waals surface area contributed by atoms with E-state index in [-0.39, 0.29) is 11.9 Å². The molecule has 29 heavy (non-hydrogen) atoms.